The molecule has 3 rings (SSSR count). The van der Waals surface area contributed by atoms with Crippen LogP contribution in [0.1, 0.15) is 11.1 Å². The lowest BCUT2D eigenvalue weighted by Gasteiger charge is -2.09. The molecule has 0 bridgehead atoms. The number of carbonyl (C=O) groups excluding carboxylic acids is 2. The van der Waals surface area contributed by atoms with Crippen LogP contribution >= 0.6 is 24.0 Å². The van der Waals surface area contributed by atoms with Crippen molar-refractivity contribution in [2.75, 3.05) is 6.61 Å². The molecule has 0 saturated carbocycles. The summed E-state index contributed by atoms with van der Waals surface area (Å²) in [6, 6.07) is 13.3. The summed E-state index contributed by atoms with van der Waals surface area (Å²) in [5.41, 5.74) is 0.968. The van der Waals surface area contributed by atoms with Crippen molar-refractivity contribution in [2.45, 2.75) is 0 Å². The first-order chi connectivity index (χ1) is 13.5. The van der Waals surface area contributed by atoms with Crippen LogP contribution in [0.3, 0.4) is 0 Å². The van der Waals surface area contributed by atoms with E-state index in [0.717, 1.165) is 16.8 Å². The third-order valence-corrected chi connectivity index (χ3v) is 4.86. The Morgan fingerprint density at radius 3 is 2.61 bits per heavy atom. The zero-order valence-electron chi connectivity index (χ0n) is 14.3. The number of phenols is 1. The number of rotatable bonds is 6. The lowest BCUT2D eigenvalue weighted by Crippen LogP contribution is -2.29. The molecule has 1 N–H and O–H groups in total. The summed E-state index contributed by atoms with van der Waals surface area (Å²) in [5.74, 6) is -1.45. The Bertz CT molecular complexity index is 1000. The smallest absolute Gasteiger partial charge is 0.286 e. The number of hydrogen-bond donors (Lipinski definition) is 1. The van der Waals surface area contributed by atoms with Gasteiger partial charge < -0.3 is 19.7 Å². The van der Waals surface area contributed by atoms with Crippen LogP contribution in [-0.4, -0.2) is 39.1 Å². The molecule has 0 spiro atoms. The van der Waals surface area contributed by atoms with Crippen molar-refractivity contribution in [3.63, 3.8) is 0 Å². The van der Waals surface area contributed by atoms with E-state index in [1.165, 1.54) is 12.3 Å². The maximum absolute atomic E-state index is 12.6. The number of phenolic OH excluding ortho intramolecular Hbond substituents is 1. The van der Waals surface area contributed by atoms with Crippen LogP contribution < -0.4 is 9.84 Å². The number of carboxylic acids is 1. The Kier molecular flexibility index (Phi) is 6.07. The topological polar surface area (TPSA) is 102 Å². The van der Waals surface area contributed by atoms with E-state index in [-0.39, 0.29) is 10.1 Å². The van der Waals surface area contributed by atoms with Gasteiger partial charge in [0.15, 0.2) is 4.32 Å². The van der Waals surface area contributed by atoms with Gasteiger partial charge in [-0.25, -0.2) is 0 Å². The molecular weight excluding hydrogens is 400 g/mol. The first kappa shape index (κ1) is 19.6. The number of carboxylic acid groups (broad SMARTS) is 1. The molecule has 1 fully saturated rings. The molecule has 0 aromatic heterocycles. The van der Waals surface area contributed by atoms with E-state index in [2.05, 4.69) is 5.10 Å². The Morgan fingerprint density at radius 2 is 1.89 bits per heavy atom. The Labute approximate surface area is 169 Å². The fraction of sp³-hybridized carbons (Fsp3) is 0.0526. The van der Waals surface area contributed by atoms with E-state index >= 15 is 0 Å². The molecule has 0 unspecified atom stereocenters. The SMILES string of the molecule is O=C([O-])COc1ccccc1/C=C1\SC(=S)N(/N=C/c2ccccc2O)C1=O. The summed E-state index contributed by atoms with van der Waals surface area (Å²) in [5, 5.41) is 25.5. The van der Waals surface area contributed by atoms with Crippen LogP contribution in [-0.2, 0) is 9.59 Å². The van der Waals surface area contributed by atoms with Crippen LogP contribution in [0.2, 0.25) is 0 Å². The summed E-state index contributed by atoms with van der Waals surface area (Å²) < 4.78 is 5.42. The highest BCUT2D eigenvalue weighted by Crippen LogP contribution is 2.34. The first-order valence-corrected chi connectivity index (χ1v) is 9.20. The maximum Gasteiger partial charge on any atom is 0.286 e. The highest BCUT2D eigenvalue weighted by molar-refractivity contribution is 8.26. The van der Waals surface area contributed by atoms with E-state index < -0.39 is 18.5 Å². The maximum atomic E-state index is 12.6. The van der Waals surface area contributed by atoms with Crippen LogP contribution in [0.15, 0.2) is 58.5 Å². The highest BCUT2D eigenvalue weighted by Gasteiger charge is 2.32. The summed E-state index contributed by atoms with van der Waals surface area (Å²) in [7, 11) is 0. The molecule has 7 nitrogen and oxygen atoms in total. The molecule has 142 valence electrons. The normalized spacial score (nSPS) is 15.6. The van der Waals surface area contributed by atoms with Crippen LogP contribution in [0, 0.1) is 0 Å². The third-order valence-electron chi connectivity index (χ3n) is 3.57. The van der Waals surface area contributed by atoms with E-state index in [0.29, 0.717) is 21.8 Å². The lowest BCUT2D eigenvalue weighted by molar-refractivity contribution is -0.307. The minimum absolute atomic E-state index is 0.0335. The van der Waals surface area contributed by atoms with Gasteiger partial charge >= 0.3 is 0 Å². The standard InChI is InChI=1S/C19H14N2O5S2/c22-14-7-3-1-6-13(14)10-20-21-18(25)16(28-19(21)27)9-12-5-2-4-8-15(12)26-11-17(23)24/h1-10,22H,11H2,(H,23,24)/p-1/b16-9-,20-10+. The van der Waals surface area contributed by atoms with Crippen molar-refractivity contribution >= 4 is 52.5 Å². The second kappa shape index (κ2) is 8.68. The number of thioether (sulfide) groups is 1. The number of ether oxygens (including phenoxy) is 1. The van der Waals surface area contributed by atoms with Crippen LogP contribution in [0.25, 0.3) is 6.08 Å². The summed E-state index contributed by atoms with van der Waals surface area (Å²) in [6.45, 7) is -0.601. The van der Waals surface area contributed by atoms with Crippen molar-refractivity contribution < 1.29 is 24.5 Å². The molecule has 0 radical (unpaired) electrons. The minimum atomic E-state index is -1.35. The molecule has 2 aromatic rings. The molecule has 1 aliphatic heterocycles. The van der Waals surface area contributed by atoms with Gasteiger partial charge in [-0.2, -0.15) is 10.1 Å². The fourth-order valence-electron chi connectivity index (χ4n) is 2.28. The average molecular weight is 413 g/mol. The van der Waals surface area contributed by atoms with Crippen molar-refractivity contribution in [1.82, 2.24) is 5.01 Å². The number of carbonyl (C=O) groups is 2. The average Bonchev–Trinajstić information content (AvgIpc) is 2.93. The van der Waals surface area contributed by atoms with Gasteiger partial charge in [-0.1, -0.05) is 42.1 Å². The molecule has 2 aromatic carbocycles. The largest absolute Gasteiger partial charge is 0.546 e. The van der Waals surface area contributed by atoms with Gasteiger partial charge in [0.2, 0.25) is 0 Å². The zero-order valence-corrected chi connectivity index (χ0v) is 15.9. The summed E-state index contributed by atoms with van der Waals surface area (Å²) in [6.07, 6.45) is 2.90. The van der Waals surface area contributed by atoms with Gasteiger partial charge in [-0.05, 0) is 36.5 Å². The molecule has 1 aliphatic rings. The molecule has 1 heterocycles. The third kappa shape index (κ3) is 4.56. The van der Waals surface area contributed by atoms with Gasteiger partial charge in [-0.3, -0.25) is 4.79 Å². The number of amides is 1. The predicted molar refractivity (Wildman–Crippen MR) is 108 cm³/mol. The van der Waals surface area contributed by atoms with Crippen LogP contribution in [0.4, 0.5) is 0 Å². The molecular formula is C19H13N2O5S2-. The highest BCUT2D eigenvalue weighted by atomic mass is 32.2. The lowest BCUT2D eigenvalue weighted by atomic mass is 10.2. The number of para-hydroxylation sites is 2. The molecule has 9 heteroatoms. The van der Waals surface area contributed by atoms with Crippen LogP contribution in [0.5, 0.6) is 11.5 Å². The number of aliphatic carboxylic acids is 1. The number of benzene rings is 2. The number of thiocarbonyl (C=S) groups is 1. The molecule has 1 saturated heterocycles. The number of aromatic hydroxyl groups is 1. The van der Waals surface area contributed by atoms with E-state index in [9.17, 15) is 19.8 Å². The van der Waals surface area contributed by atoms with Gasteiger partial charge in [0.1, 0.15) is 18.1 Å². The summed E-state index contributed by atoms with van der Waals surface area (Å²) in [4.78, 5) is 23.6. The van der Waals surface area contributed by atoms with E-state index in [4.69, 9.17) is 17.0 Å². The quantitative estimate of drug-likeness (QED) is 0.437. The van der Waals surface area contributed by atoms with Gasteiger partial charge in [0, 0.05) is 11.1 Å². The monoisotopic (exact) mass is 413 g/mol. The Balaban J connectivity index is 1.82. The zero-order chi connectivity index (χ0) is 20.1. The number of hydrazone groups is 1. The van der Waals surface area contributed by atoms with Crippen molar-refractivity contribution in [2.24, 2.45) is 5.10 Å². The van der Waals surface area contributed by atoms with E-state index in [1.54, 1.807) is 48.5 Å². The number of nitrogens with zero attached hydrogens (tertiary/aromatic N) is 2. The second-order valence-corrected chi connectivity index (χ2v) is 7.17. The minimum Gasteiger partial charge on any atom is -0.546 e. The van der Waals surface area contributed by atoms with E-state index in [1.807, 2.05) is 0 Å². The molecule has 0 aliphatic carbocycles. The van der Waals surface area contributed by atoms with Gasteiger partial charge in [0.25, 0.3) is 5.91 Å². The fourth-order valence-corrected chi connectivity index (χ4v) is 3.45. The Hall–Kier alpha value is -3.17. The summed E-state index contributed by atoms with van der Waals surface area (Å²) >= 11 is 6.27. The predicted octanol–water partition coefficient (Wildman–Crippen LogP) is 1.76. The second-order valence-electron chi connectivity index (χ2n) is 5.50. The van der Waals surface area contributed by atoms with Gasteiger partial charge in [-0.15, -0.1) is 0 Å². The Morgan fingerprint density at radius 1 is 1.21 bits per heavy atom. The molecule has 28 heavy (non-hydrogen) atoms. The van der Waals surface area contributed by atoms with Gasteiger partial charge in [0.05, 0.1) is 17.1 Å². The van der Waals surface area contributed by atoms with Crippen molar-refractivity contribution in [3.05, 3.63) is 64.6 Å². The number of hydrogen-bond acceptors (Lipinski definition) is 8. The van der Waals surface area contributed by atoms with Crippen molar-refractivity contribution in [3.8, 4) is 11.5 Å². The molecule has 1 amide bonds. The first-order valence-electron chi connectivity index (χ1n) is 7.97. The van der Waals surface area contributed by atoms with Crippen molar-refractivity contribution in [1.29, 1.82) is 0 Å². The molecule has 0 atom stereocenters.